The molecule has 0 aliphatic rings. The molecule has 160 valence electrons. The molecule has 0 radical (unpaired) electrons. The van der Waals surface area contributed by atoms with Crippen LogP contribution in [0.2, 0.25) is 0 Å². The van der Waals surface area contributed by atoms with Gasteiger partial charge in [0.15, 0.2) is 0 Å². The molecular formula is C22H22F3NO4. The van der Waals surface area contributed by atoms with Crippen LogP contribution in [0.15, 0.2) is 66.9 Å². The molecule has 0 aliphatic heterocycles. The fourth-order valence-electron chi connectivity index (χ4n) is 2.37. The van der Waals surface area contributed by atoms with Gasteiger partial charge in [-0.2, -0.15) is 13.2 Å². The van der Waals surface area contributed by atoms with Gasteiger partial charge in [0.1, 0.15) is 11.5 Å². The summed E-state index contributed by atoms with van der Waals surface area (Å²) >= 11 is 0. The number of ether oxygens (including phenoxy) is 1. The molecule has 1 atom stereocenters. The number of aromatic nitrogens is 1. The SMILES string of the molecule is CC(O)c1ccc(Oc2cc(C(F)(F)F)ccn2)cc1.OCCc1ccc(O)cc1. The van der Waals surface area contributed by atoms with Crippen LogP contribution in [0.4, 0.5) is 13.2 Å². The van der Waals surface area contributed by atoms with Gasteiger partial charge in [0.05, 0.1) is 11.7 Å². The van der Waals surface area contributed by atoms with Crippen LogP contribution in [0.3, 0.4) is 0 Å². The van der Waals surface area contributed by atoms with E-state index in [-0.39, 0.29) is 18.2 Å². The van der Waals surface area contributed by atoms with E-state index in [9.17, 15) is 18.3 Å². The predicted octanol–water partition coefficient (Wildman–Crippen LogP) is 4.87. The van der Waals surface area contributed by atoms with E-state index in [1.165, 1.54) is 0 Å². The van der Waals surface area contributed by atoms with Gasteiger partial charge in [0.25, 0.3) is 0 Å². The first-order valence-electron chi connectivity index (χ1n) is 9.07. The standard InChI is InChI=1S/C14H12F3NO2.C8H10O2/c1-9(19)10-2-4-12(5-3-10)20-13-8-11(6-7-18-13)14(15,16)17;9-6-5-7-1-3-8(10)4-2-7/h2-9,19H,1H3;1-4,9-10H,5-6H2. The van der Waals surface area contributed by atoms with E-state index in [0.717, 1.165) is 23.9 Å². The second-order valence-corrected chi connectivity index (χ2v) is 6.37. The zero-order chi connectivity index (χ0) is 22.1. The molecule has 0 amide bonds. The Hall–Kier alpha value is -3.10. The Morgan fingerprint density at radius 1 is 1.00 bits per heavy atom. The van der Waals surface area contributed by atoms with Gasteiger partial charge in [-0.05, 0) is 54.8 Å². The first-order valence-corrected chi connectivity index (χ1v) is 9.07. The molecule has 5 nitrogen and oxygen atoms in total. The molecule has 0 fully saturated rings. The summed E-state index contributed by atoms with van der Waals surface area (Å²) in [5, 5.41) is 26.7. The van der Waals surface area contributed by atoms with Gasteiger partial charge in [0, 0.05) is 18.9 Å². The van der Waals surface area contributed by atoms with Gasteiger partial charge in [-0.15, -0.1) is 0 Å². The minimum atomic E-state index is -4.43. The third kappa shape index (κ3) is 7.38. The van der Waals surface area contributed by atoms with Gasteiger partial charge in [-0.3, -0.25) is 0 Å². The lowest BCUT2D eigenvalue weighted by Gasteiger charge is -2.10. The highest BCUT2D eigenvalue weighted by atomic mass is 19.4. The zero-order valence-corrected chi connectivity index (χ0v) is 16.2. The van der Waals surface area contributed by atoms with Gasteiger partial charge >= 0.3 is 6.18 Å². The Labute approximate surface area is 172 Å². The number of halogens is 3. The van der Waals surface area contributed by atoms with E-state index >= 15 is 0 Å². The van der Waals surface area contributed by atoms with Crippen LogP contribution >= 0.6 is 0 Å². The first kappa shape index (κ1) is 23.2. The Bertz CT molecular complexity index is 911. The lowest BCUT2D eigenvalue weighted by Crippen LogP contribution is -2.05. The van der Waals surface area contributed by atoms with Crippen LogP contribution in [0.1, 0.15) is 29.7 Å². The fourth-order valence-corrected chi connectivity index (χ4v) is 2.37. The molecular weight excluding hydrogens is 399 g/mol. The molecule has 0 spiro atoms. The third-order valence-electron chi connectivity index (χ3n) is 3.98. The number of phenolic OH excluding ortho intramolecular Hbond substituents is 1. The Kier molecular flexibility index (Phi) is 8.20. The molecule has 0 saturated heterocycles. The molecule has 30 heavy (non-hydrogen) atoms. The summed E-state index contributed by atoms with van der Waals surface area (Å²) in [4.78, 5) is 3.73. The number of phenols is 1. The highest BCUT2D eigenvalue weighted by molar-refractivity contribution is 5.32. The molecule has 1 aromatic heterocycles. The highest BCUT2D eigenvalue weighted by Gasteiger charge is 2.31. The summed E-state index contributed by atoms with van der Waals surface area (Å²) in [6.45, 7) is 1.77. The normalized spacial score (nSPS) is 11.9. The van der Waals surface area contributed by atoms with Crippen LogP contribution in [-0.4, -0.2) is 26.9 Å². The Balaban J connectivity index is 0.000000269. The molecule has 1 unspecified atom stereocenters. The summed E-state index contributed by atoms with van der Waals surface area (Å²) in [7, 11) is 0. The number of benzene rings is 2. The lowest BCUT2D eigenvalue weighted by atomic mass is 10.1. The molecule has 0 bridgehead atoms. The largest absolute Gasteiger partial charge is 0.508 e. The van der Waals surface area contributed by atoms with E-state index in [2.05, 4.69) is 4.98 Å². The maximum atomic E-state index is 12.5. The molecule has 0 saturated carbocycles. The number of alkyl halides is 3. The first-order chi connectivity index (χ1) is 14.2. The number of aliphatic hydroxyl groups excluding tert-OH is 2. The monoisotopic (exact) mass is 421 g/mol. The van der Waals surface area contributed by atoms with Crippen molar-refractivity contribution in [1.82, 2.24) is 4.98 Å². The van der Waals surface area contributed by atoms with E-state index in [0.29, 0.717) is 17.7 Å². The average molecular weight is 421 g/mol. The van der Waals surface area contributed by atoms with Crippen molar-refractivity contribution in [2.24, 2.45) is 0 Å². The van der Waals surface area contributed by atoms with Crippen LogP contribution < -0.4 is 4.74 Å². The van der Waals surface area contributed by atoms with Gasteiger partial charge < -0.3 is 20.1 Å². The highest BCUT2D eigenvalue weighted by Crippen LogP contribution is 2.31. The molecule has 3 N–H and O–H groups in total. The van der Waals surface area contributed by atoms with E-state index in [4.69, 9.17) is 14.9 Å². The van der Waals surface area contributed by atoms with Gasteiger partial charge in [-0.1, -0.05) is 24.3 Å². The van der Waals surface area contributed by atoms with Crippen LogP contribution in [0, 0.1) is 0 Å². The number of aromatic hydroxyl groups is 1. The lowest BCUT2D eigenvalue weighted by molar-refractivity contribution is -0.137. The molecule has 3 aromatic rings. The minimum absolute atomic E-state index is 0.135. The maximum Gasteiger partial charge on any atom is 0.416 e. The molecule has 2 aromatic carbocycles. The molecule has 1 heterocycles. The van der Waals surface area contributed by atoms with Crippen molar-refractivity contribution in [3.8, 4) is 17.4 Å². The molecule has 0 aliphatic carbocycles. The van der Waals surface area contributed by atoms with E-state index in [1.807, 2.05) is 0 Å². The summed E-state index contributed by atoms with van der Waals surface area (Å²) in [5.41, 5.74) is 0.915. The number of hydrogen-bond acceptors (Lipinski definition) is 5. The number of rotatable bonds is 5. The second kappa shape index (κ2) is 10.6. The predicted molar refractivity (Wildman–Crippen MR) is 105 cm³/mol. The number of nitrogens with zero attached hydrogens (tertiary/aromatic N) is 1. The van der Waals surface area contributed by atoms with Crippen LogP contribution in [0.5, 0.6) is 17.4 Å². The van der Waals surface area contributed by atoms with Gasteiger partial charge in [0.2, 0.25) is 5.88 Å². The summed E-state index contributed by atoms with van der Waals surface area (Å²) in [6, 6.07) is 14.9. The van der Waals surface area contributed by atoms with Crippen molar-refractivity contribution in [2.75, 3.05) is 6.61 Å². The Morgan fingerprint density at radius 3 is 2.17 bits per heavy atom. The number of pyridine rings is 1. The molecule has 8 heteroatoms. The quantitative estimate of drug-likeness (QED) is 0.547. The fraction of sp³-hybridized carbons (Fsp3) is 0.227. The Morgan fingerprint density at radius 2 is 1.63 bits per heavy atom. The van der Waals surface area contributed by atoms with Crippen molar-refractivity contribution >= 4 is 0 Å². The smallest absolute Gasteiger partial charge is 0.416 e. The molecule has 3 rings (SSSR count). The van der Waals surface area contributed by atoms with Gasteiger partial charge in [-0.25, -0.2) is 4.98 Å². The number of hydrogen-bond donors (Lipinski definition) is 3. The summed E-state index contributed by atoms with van der Waals surface area (Å²) < 4.78 is 42.9. The van der Waals surface area contributed by atoms with Crippen molar-refractivity contribution in [3.05, 3.63) is 83.6 Å². The van der Waals surface area contributed by atoms with Crippen LogP contribution in [0.25, 0.3) is 0 Å². The number of aliphatic hydroxyl groups is 2. The second-order valence-electron chi connectivity index (χ2n) is 6.37. The van der Waals surface area contributed by atoms with Crippen molar-refractivity contribution in [2.45, 2.75) is 25.6 Å². The van der Waals surface area contributed by atoms with E-state index in [1.54, 1.807) is 55.5 Å². The third-order valence-corrected chi connectivity index (χ3v) is 3.98. The topological polar surface area (TPSA) is 82.8 Å². The summed E-state index contributed by atoms with van der Waals surface area (Å²) in [6.07, 6.45) is -3.35. The minimum Gasteiger partial charge on any atom is -0.508 e. The van der Waals surface area contributed by atoms with Crippen molar-refractivity contribution in [1.29, 1.82) is 0 Å². The van der Waals surface area contributed by atoms with Crippen LogP contribution in [-0.2, 0) is 12.6 Å². The van der Waals surface area contributed by atoms with E-state index < -0.39 is 17.8 Å². The maximum absolute atomic E-state index is 12.5. The van der Waals surface area contributed by atoms with Crippen molar-refractivity contribution in [3.63, 3.8) is 0 Å². The van der Waals surface area contributed by atoms with Crippen molar-refractivity contribution < 1.29 is 33.2 Å². The summed E-state index contributed by atoms with van der Waals surface area (Å²) in [5.74, 6) is 0.479. The zero-order valence-electron chi connectivity index (χ0n) is 16.2. The average Bonchev–Trinajstić information content (AvgIpc) is 2.70.